The SMILES string of the molecule is CCN(CC)c1ccc(C=NNC(=O)COc2cccc(Cl)c2)cc1. The molecule has 0 atom stereocenters. The van der Waals surface area contributed by atoms with Gasteiger partial charge in [0, 0.05) is 23.8 Å². The first-order chi connectivity index (χ1) is 12.1. The molecule has 0 heterocycles. The van der Waals surface area contributed by atoms with Gasteiger partial charge in [0.1, 0.15) is 5.75 Å². The summed E-state index contributed by atoms with van der Waals surface area (Å²) in [7, 11) is 0. The Labute approximate surface area is 153 Å². The van der Waals surface area contributed by atoms with Crippen molar-refractivity contribution in [2.24, 2.45) is 5.10 Å². The molecule has 132 valence electrons. The van der Waals surface area contributed by atoms with Gasteiger partial charge < -0.3 is 9.64 Å². The molecule has 1 N–H and O–H groups in total. The normalized spacial score (nSPS) is 10.7. The van der Waals surface area contributed by atoms with Gasteiger partial charge >= 0.3 is 0 Å². The molecule has 2 aromatic rings. The highest BCUT2D eigenvalue weighted by molar-refractivity contribution is 6.30. The van der Waals surface area contributed by atoms with Crippen molar-refractivity contribution in [3.8, 4) is 5.75 Å². The summed E-state index contributed by atoms with van der Waals surface area (Å²) in [5, 5.41) is 4.50. The number of ether oxygens (including phenoxy) is 1. The second-order valence-electron chi connectivity index (χ2n) is 5.30. The molecule has 0 unspecified atom stereocenters. The van der Waals surface area contributed by atoms with Crippen molar-refractivity contribution < 1.29 is 9.53 Å². The van der Waals surface area contributed by atoms with Gasteiger partial charge in [0.05, 0.1) is 6.21 Å². The lowest BCUT2D eigenvalue weighted by Crippen LogP contribution is -2.24. The number of nitrogens with zero attached hydrogens (tertiary/aromatic N) is 2. The summed E-state index contributed by atoms with van der Waals surface area (Å²) in [5.41, 5.74) is 4.51. The number of halogens is 1. The second kappa shape index (κ2) is 9.69. The number of hydrazone groups is 1. The van der Waals surface area contributed by atoms with Gasteiger partial charge in [-0.3, -0.25) is 4.79 Å². The van der Waals surface area contributed by atoms with E-state index >= 15 is 0 Å². The van der Waals surface area contributed by atoms with Gasteiger partial charge in [-0.2, -0.15) is 5.10 Å². The van der Waals surface area contributed by atoms with Crippen LogP contribution in [-0.4, -0.2) is 31.8 Å². The number of hydrogen-bond acceptors (Lipinski definition) is 4. The van der Waals surface area contributed by atoms with Crippen LogP contribution in [0.25, 0.3) is 0 Å². The molecular formula is C19H22ClN3O2. The highest BCUT2D eigenvalue weighted by atomic mass is 35.5. The molecule has 0 aliphatic carbocycles. The highest BCUT2D eigenvalue weighted by Crippen LogP contribution is 2.17. The molecule has 0 saturated carbocycles. The monoisotopic (exact) mass is 359 g/mol. The molecule has 2 aromatic carbocycles. The van der Waals surface area contributed by atoms with E-state index in [2.05, 4.69) is 29.3 Å². The van der Waals surface area contributed by atoms with Crippen LogP contribution in [0.4, 0.5) is 5.69 Å². The zero-order chi connectivity index (χ0) is 18.1. The fourth-order valence-corrected chi connectivity index (χ4v) is 2.46. The van der Waals surface area contributed by atoms with Crippen molar-refractivity contribution in [1.82, 2.24) is 5.43 Å². The fourth-order valence-electron chi connectivity index (χ4n) is 2.28. The Balaban J connectivity index is 1.80. The smallest absolute Gasteiger partial charge is 0.277 e. The Morgan fingerprint density at radius 3 is 2.56 bits per heavy atom. The van der Waals surface area contributed by atoms with Crippen molar-refractivity contribution in [2.75, 3.05) is 24.6 Å². The summed E-state index contributed by atoms with van der Waals surface area (Å²) >= 11 is 5.85. The number of amides is 1. The summed E-state index contributed by atoms with van der Waals surface area (Å²) in [6.07, 6.45) is 1.60. The van der Waals surface area contributed by atoms with Crippen molar-refractivity contribution in [2.45, 2.75) is 13.8 Å². The fraction of sp³-hybridized carbons (Fsp3) is 0.263. The number of carbonyl (C=O) groups excluding carboxylic acids is 1. The Hall–Kier alpha value is -2.53. The van der Waals surface area contributed by atoms with Crippen LogP contribution in [0, 0.1) is 0 Å². The Morgan fingerprint density at radius 1 is 1.20 bits per heavy atom. The van der Waals surface area contributed by atoms with Crippen LogP contribution in [0.3, 0.4) is 0 Å². The largest absolute Gasteiger partial charge is 0.484 e. The van der Waals surface area contributed by atoms with Gasteiger partial charge in [0.2, 0.25) is 0 Å². The zero-order valence-electron chi connectivity index (χ0n) is 14.4. The van der Waals surface area contributed by atoms with Crippen molar-refractivity contribution in [1.29, 1.82) is 0 Å². The third kappa shape index (κ3) is 6.12. The number of hydrogen-bond donors (Lipinski definition) is 1. The van der Waals surface area contributed by atoms with Gasteiger partial charge in [-0.1, -0.05) is 29.8 Å². The molecule has 2 rings (SSSR count). The molecule has 0 saturated heterocycles. The third-order valence-electron chi connectivity index (χ3n) is 3.59. The lowest BCUT2D eigenvalue weighted by Gasteiger charge is -2.20. The van der Waals surface area contributed by atoms with E-state index in [1.165, 1.54) is 5.69 Å². The van der Waals surface area contributed by atoms with Crippen molar-refractivity contribution in [3.63, 3.8) is 0 Å². The first kappa shape index (κ1) is 18.8. The molecule has 0 bridgehead atoms. The predicted molar refractivity (Wildman–Crippen MR) is 103 cm³/mol. The van der Waals surface area contributed by atoms with Crippen LogP contribution in [0.15, 0.2) is 53.6 Å². The van der Waals surface area contributed by atoms with E-state index in [-0.39, 0.29) is 12.5 Å². The number of anilines is 1. The van der Waals surface area contributed by atoms with Gasteiger partial charge in [-0.15, -0.1) is 0 Å². The topological polar surface area (TPSA) is 53.9 Å². The minimum absolute atomic E-state index is 0.126. The lowest BCUT2D eigenvalue weighted by atomic mass is 10.2. The van der Waals surface area contributed by atoms with E-state index in [1.807, 2.05) is 24.3 Å². The summed E-state index contributed by atoms with van der Waals surface area (Å²) in [5.74, 6) is 0.203. The highest BCUT2D eigenvalue weighted by Gasteiger charge is 2.02. The number of carbonyl (C=O) groups is 1. The molecule has 5 nitrogen and oxygen atoms in total. The summed E-state index contributed by atoms with van der Waals surface area (Å²) in [6.45, 7) is 6.05. The average molecular weight is 360 g/mol. The van der Waals surface area contributed by atoms with E-state index in [0.717, 1.165) is 18.7 Å². The molecule has 1 amide bonds. The summed E-state index contributed by atoms with van der Waals surface area (Å²) in [4.78, 5) is 14.0. The van der Waals surface area contributed by atoms with E-state index in [1.54, 1.807) is 30.5 Å². The molecule has 0 spiro atoms. The van der Waals surface area contributed by atoms with Gasteiger partial charge in [-0.25, -0.2) is 5.43 Å². The van der Waals surface area contributed by atoms with Crippen LogP contribution in [0.5, 0.6) is 5.75 Å². The van der Waals surface area contributed by atoms with Gasteiger partial charge in [0.15, 0.2) is 6.61 Å². The van der Waals surface area contributed by atoms with Gasteiger partial charge in [0.25, 0.3) is 5.91 Å². The van der Waals surface area contributed by atoms with Crippen LogP contribution in [0.1, 0.15) is 19.4 Å². The molecule has 25 heavy (non-hydrogen) atoms. The maximum atomic E-state index is 11.7. The van der Waals surface area contributed by atoms with E-state index in [0.29, 0.717) is 10.8 Å². The predicted octanol–water partition coefficient (Wildman–Crippen LogP) is 3.72. The van der Waals surface area contributed by atoms with Crippen molar-refractivity contribution in [3.05, 3.63) is 59.1 Å². The standard InChI is InChI=1S/C19H22ClN3O2/c1-3-23(4-2)17-10-8-15(9-11-17)13-21-22-19(24)14-25-18-7-5-6-16(20)12-18/h5-13H,3-4,14H2,1-2H3,(H,22,24). The molecule has 0 aliphatic rings. The molecular weight excluding hydrogens is 338 g/mol. The lowest BCUT2D eigenvalue weighted by molar-refractivity contribution is -0.123. The minimum atomic E-state index is -0.337. The van der Waals surface area contributed by atoms with Crippen LogP contribution < -0.4 is 15.1 Å². The molecule has 0 fully saturated rings. The molecule has 6 heteroatoms. The maximum Gasteiger partial charge on any atom is 0.277 e. The molecule has 0 radical (unpaired) electrons. The van der Waals surface area contributed by atoms with Crippen LogP contribution >= 0.6 is 11.6 Å². The van der Waals surface area contributed by atoms with Crippen LogP contribution in [0.2, 0.25) is 5.02 Å². The quantitative estimate of drug-likeness (QED) is 0.577. The Kier molecular flexibility index (Phi) is 7.29. The maximum absolute atomic E-state index is 11.7. The zero-order valence-corrected chi connectivity index (χ0v) is 15.2. The van der Waals surface area contributed by atoms with E-state index in [9.17, 15) is 4.79 Å². The number of benzene rings is 2. The summed E-state index contributed by atoms with van der Waals surface area (Å²) < 4.78 is 5.34. The van der Waals surface area contributed by atoms with Gasteiger partial charge in [-0.05, 0) is 49.7 Å². The average Bonchev–Trinajstić information content (AvgIpc) is 2.62. The minimum Gasteiger partial charge on any atom is -0.484 e. The Morgan fingerprint density at radius 2 is 1.92 bits per heavy atom. The number of rotatable bonds is 8. The first-order valence-corrected chi connectivity index (χ1v) is 8.55. The van der Waals surface area contributed by atoms with E-state index < -0.39 is 0 Å². The first-order valence-electron chi connectivity index (χ1n) is 8.17. The van der Waals surface area contributed by atoms with Crippen LogP contribution in [-0.2, 0) is 4.79 Å². The second-order valence-corrected chi connectivity index (χ2v) is 5.74. The van der Waals surface area contributed by atoms with E-state index in [4.69, 9.17) is 16.3 Å². The summed E-state index contributed by atoms with van der Waals surface area (Å²) in [6, 6.07) is 14.9. The third-order valence-corrected chi connectivity index (χ3v) is 3.83. The number of nitrogens with one attached hydrogen (secondary N) is 1. The Bertz CT molecular complexity index is 713. The van der Waals surface area contributed by atoms with Crippen molar-refractivity contribution >= 4 is 29.4 Å². The molecule has 0 aromatic heterocycles. The molecule has 0 aliphatic heterocycles.